The average Bonchev–Trinajstić information content (AvgIpc) is 3.49. The molecule has 0 saturated carbocycles. The molecule has 2 atom stereocenters. The van der Waals surface area contributed by atoms with Gasteiger partial charge in [0.2, 0.25) is 12.7 Å². The Hall–Kier alpha value is -4.34. The van der Waals surface area contributed by atoms with Gasteiger partial charge < -0.3 is 23.8 Å². The van der Waals surface area contributed by atoms with Crippen molar-refractivity contribution in [2.24, 2.45) is 4.99 Å². The molecule has 0 radical (unpaired) electrons. The molecule has 0 bridgehead atoms. The maximum Gasteiger partial charge on any atom is 0.357 e. The van der Waals surface area contributed by atoms with Crippen LogP contribution in [-0.2, 0) is 35.8 Å². The van der Waals surface area contributed by atoms with Crippen LogP contribution in [0.3, 0.4) is 0 Å². The summed E-state index contributed by atoms with van der Waals surface area (Å²) in [5.74, 6) is 0.104. The number of para-hydroxylation sites is 1. The molecular formula is C27H25N3O7. The fourth-order valence-electron chi connectivity index (χ4n) is 6.05. The lowest BCUT2D eigenvalue weighted by atomic mass is 9.65. The molecule has 1 fully saturated rings. The SMILES string of the molecule is COC(=O)C1=C(C(=O)OC)C2N(C)c3ccccc3C23CCC(=O)N(Cc2ccc4c(c2)OCO4)C3=N1. The van der Waals surface area contributed by atoms with Crippen molar-refractivity contribution >= 4 is 29.4 Å². The van der Waals surface area contributed by atoms with E-state index in [-0.39, 0.29) is 36.9 Å². The minimum absolute atomic E-state index is 0.120. The van der Waals surface area contributed by atoms with E-state index in [2.05, 4.69) is 0 Å². The van der Waals surface area contributed by atoms with E-state index in [4.69, 9.17) is 23.9 Å². The first kappa shape index (κ1) is 23.1. The number of carbonyl (C=O) groups excluding carboxylic acids is 3. The Morgan fingerprint density at radius 3 is 2.62 bits per heavy atom. The van der Waals surface area contributed by atoms with Crippen LogP contribution in [-0.4, -0.2) is 62.7 Å². The second kappa shape index (κ2) is 8.36. The quantitative estimate of drug-likeness (QED) is 0.585. The number of anilines is 1. The number of rotatable bonds is 4. The van der Waals surface area contributed by atoms with Crippen LogP contribution >= 0.6 is 0 Å². The molecule has 1 amide bonds. The summed E-state index contributed by atoms with van der Waals surface area (Å²) in [4.78, 5) is 47.9. The molecule has 10 heteroatoms. The number of amidine groups is 1. The van der Waals surface area contributed by atoms with E-state index >= 15 is 0 Å². The van der Waals surface area contributed by atoms with Gasteiger partial charge in [-0.1, -0.05) is 24.3 Å². The Morgan fingerprint density at radius 1 is 1.08 bits per heavy atom. The third-order valence-corrected chi connectivity index (χ3v) is 7.62. The molecule has 6 rings (SSSR count). The highest BCUT2D eigenvalue weighted by atomic mass is 16.7. The normalized spacial score (nSPS) is 23.3. The van der Waals surface area contributed by atoms with Crippen LogP contribution in [0.5, 0.6) is 11.5 Å². The van der Waals surface area contributed by atoms with Gasteiger partial charge in [-0.15, -0.1) is 0 Å². The van der Waals surface area contributed by atoms with Crippen LogP contribution in [0.4, 0.5) is 5.69 Å². The molecule has 190 valence electrons. The summed E-state index contributed by atoms with van der Waals surface area (Å²) >= 11 is 0. The highest BCUT2D eigenvalue weighted by molar-refractivity contribution is 6.15. The number of aliphatic imine (C=N–C) groups is 1. The molecule has 4 aliphatic heterocycles. The molecule has 2 aromatic carbocycles. The highest BCUT2D eigenvalue weighted by Gasteiger charge is 2.62. The molecular weight excluding hydrogens is 478 g/mol. The van der Waals surface area contributed by atoms with Crippen LogP contribution in [0.15, 0.2) is 58.7 Å². The zero-order chi connectivity index (χ0) is 25.9. The first-order valence-electron chi connectivity index (χ1n) is 11.9. The van der Waals surface area contributed by atoms with E-state index in [1.807, 2.05) is 48.3 Å². The number of esters is 2. The number of benzene rings is 2. The lowest BCUT2D eigenvalue weighted by Crippen LogP contribution is -2.62. The van der Waals surface area contributed by atoms with Crippen molar-refractivity contribution in [3.8, 4) is 11.5 Å². The number of ether oxygens (including phenoxy) is 4. The Bertz CT molecular complexity index is 1410. The summed E-state index contributed by atoms with van der Waals surface area (Å²) in [5.41, 5.74) is 1.76. The molecule has 0 aliphatic carbocycles. The number of carbonyl (C=O) groups is 3. The van der Waals surface area contributed by atoms with E-state index in [1.165, 1.54) is 14.2 Å². The maximum atomic E-state index is 13.4. The summed E-state index contributed by atoms with van der Waals surface area (Å²) in [5, 5.41) is 0. The lowest BCUT2D eigenvalue weighted by Gasteiger charge is -2.48. The van der Waals surface area contributed by atoms with Gasteiger partial charge in [-0.05, 0) is 35.7 Å². The smallest absolute Gasteiger partial charge is 0.357 e. The predicted octanol–water partition coefficient (Wildman–Crippen LogP) is 2.31. The van der Waals surface area contributed by atoms with Gasteiger partial charge in [0.1, 0.15) is 5.84 Å². The van der Waals surface area contributed by atoms with Crippen LogP contribution in [0.25, 0.3) is 0 Å². The average molecular weight is 504 g/mol. The number of likely N-dealkylation sites (tertiary alicyclic amines) is 1. The summed E-state index contributed by atoms with van der Waals surface area (Å²) in [7, 11) is 4.38. The standard InChI is InChI=1S/C27H25N3O7/c1-29-17-7-5-4-6-16(17)27-11-10-20(31)30(13-15-8-9-18-19(12-15)37-14-36-18)26(27)28-22(25(33)35-3)21(23(27)29)24(32)34-2/h4-9,12,23H,10-11,13-14H2,1-3H3. The Morgan fingerprint density at radius 2 is 1.84 bits per heavy atom. The number of nitrogens with zero attached hydrogens (tertiary/aromatic N) is 3. The monoisotopic (exact) mass is 503 g/mol. The van der Waals surface area contributed by atoms with Crippen molar-refractivity contribution in [2.45, 2.75) is 30.8 Å². The van der Waals surface area contributed by atoms with E-state index in [0.717, 1.165) is 16.8 Å². The second-order valence-electron chi connectivity index (χ2n) is 9.35. The number of likely N-dealkylation sites (N-methyl/N-ethyl adjacent to an activating group) is 1. The summed E-state index contributed by atoms with van der Waals surface area (Å²) < 4.78 is 21.1. The van der Waals surface area contributed by atoms with Crippen LogP contribution in [0.2, 0.25) is 0 Å². The van der Waals surface area contributed by atoms with Crippen molar-refractivity contribution in [3.05, 3.63) is 64.9 Å². The van der Waals surface area contributed by atoms with E-state index < -0.39 is 23.4 Å². The molecule has 10 nitrogen and oxygen atoms in total. The maximum absolute atomic E-state index is 13.4. The topological polar surface area (TPSA) is 107 Å². The van der Waals surface area contributed by atoms with Gasteiger partial charge >= 0.3 is 11.9 Å². The first-order valence-corrected chi connectivity index (χ1v) is 11.9. The molecule has 2 unspecified atom stereocenters. The third kappa shape index (κ3) is 3.18. The number of amides is 1. The zero-order valence-electron chi connectivity index (χ0n) is 20.6. The van der Waals surface area contributed by atoms with Gasteiger partial charge in [-0.3, -0.25) is 9.69 Å². The molecule has 4 aliphatic rings. The van der Waals surface area contributed by atoms with E-state index in [9.17, 15) is 14.4 Å². The molecule has 0 aromatic heterocycles. The van der Waals surface area contributed by atoms with Crippen molar-refractivity contribution in [1.82, 2.24) is 4.90 Å². The fourth-order valence-corrected chi connectivity index (χ4v) is 6.05. The highest BCUT2D eigenvalue weighted by Crippen LogP contribution is 2.55. The molecule has 1 spiro atoms. The van der Waals surface area contributed by atoms with Crippen molar-refractivity contribution in [1.29, 1.82) is 0 Å². The van der Waals surface area contributed by atoms with E-state index in [1.54, 1.807) is 11.0 Å². The lowest BCUT2D eigenvalue weighted by molar-refractivity contribution is -0.140. The van der Waals surface area contributed by atoms with Crippen LogP contribution < -0.4 is 14.4 Å². The molecule has 37 heavy (non-hydrogen) atoms. The van der Waals surface area contributed by atoms with Crippen molar-refractivity contribution in [2.75, 3.05) is 33.0 Å². The molecule has 2 aromatic rings. The third-order valence-electron chi connectivity index (χ3n) is 7.62. The predicted molar refractivity (Wildman–Crippen MR) is 131 cm³/mol. The molecule has 1 saturated heterocycles. The van der Waals surface area contributed by atoms with E-state index in [0.29, 0.717) is 23.8 Å². The second-order valence-corrected chi connectivity index (χ2v) is 9.35. The van der Waals surface area contributed by atoms with Gasteiger partial charge in [-0.2, -0.15) is 0 Å². The van der Waals surface area contributed by atoms with Gasteiger partial charge in [-0.25, -0.2) is 14.6 Å². The fraction of sp³-hybridized carbons (Fsp3) is 0.333. The van der Waals surface area contributed by atoms with Gasteiger partial charge in [0.05, 0.1) is 37.8 Å². The Kier molecular flexibility index (Phi) is 5.22. The Balaban J connectivity index is 1.57. The van der Waals surface area contributed by atoms with Crippen molar-refractivity contribution < 1.29 is 33.3 Å². The van der Waals surface area contributed by atoms with Gasteiger partial charge in [0.25, 0.3) is 0 Å². The van der Waals surface area contributed by atoms with Crippen LogP contribution in [0.1, 0.15) is 24.0 Å². The van der Waals surface area contributed by atoms with Gasteiger partial charge in [0.15, 0.2) is 17.2 Å². The number of hydrogen-bond donors (Lipinski definition) is 0. The number of piperidine rings is 1. The first-order chi connectivity index (χ1) is 17.9. The molecule has 4 heterocycles. The summed E-state index contributed by atoms with van der Waals surface area (Å²) in [6.45, 7) is 0.350. The molecule has 0 N–H and O–H groups in total. The van der Waals surface area contributed by atoms with Crippen LogP contribution in [0, 0.1) is 0 Å². The van der Waals surface area contributed by atoms with Crippen molar-refractivity contribution in [3.63, 3.8) is 0 Å². The Labute approximate surface area is 213 Å². The number of hydrogen-bond acceptors (Lipinski definition) is 9. The number of fused-ring (bicyclic) bond motifs is 2. The minimum Gasteiger partial charge on any atom is -0.466 e. The van der Waals surface area contributed by atoms with Gasteiger partial charge in [0, 0.05) is 19.2 Å². The minimum atomic E-state index is -0.851. The number of methoxy groups -OCH3 is 2. The summed E-state index contributed by atoms with van der Waals surface area (Å²) in [6.07, 6.45) is 0.660. The largest absolute Gasteiger partial charge is 0.466 e. The zero-order valence-corrected chi connectivity index (χ0v) is 20.6. The summed E-state index contributed by atoms with van der Waals surface area (Å²) in [6, 6.07) is 12.7.